The Kier molecular flexibility index (Phi) is 8.50. The van der Waals surface area contributed by atoms with E-state index in [1.807, 2.05) is 45.9 Å². The van der Waals surface area contributed by atoms with Crippen molar-refractivity contribution in [1.29, 1.82) is 0 Å². The molecule has 1 N–H and O–H groups in total. The monoisotopic (exact) mass is 605 g/mol. The summed E-state index contributed by atoms with van der Waals surface area (Å²) in [4.78, 5) is 46.5. The Morgan fingerprint density at radius 2 is 1.84 bits per heavy atom. The minimum absolute atomic E-state index is 0.107. The van der Waals surface area contributed by atoms with E-state index in [0.717, 1.165) is 73.4 Å². The highest BCUT2D eigenvalue weighted by atomic mass is 16.6. The Labute approximate surface area is 260 Å². The van der Waals surface area contributed by atoms with Gasteiger partial charge in [0.2, 0.25) is 11.8 Å². The number of aryl methyl sites for hydroxylation is 1. The van der Waals surface area contributed by atoms with Gasteiger partial charge in [0.1, 0.15) is 30.3 Å². The number of carbonyl (C=O) groups excluding carboxylic acids is 3. The third-order valence-electron chi connectivity index (χ3n) is 10.7. The van der Waals surface area contributed by atoms with Gasteiger partial charge in [-0.2, -0.15) is 0 Å². The Hall–Kier alpha value is -3.36. The molecule has 2 aromatic rings. The van der Waals surface area contributed by atoms with Gasteiger partial charge < -0.3 is 29.2 Å². The molecule has 0 radical (unpaired) electrons. The van der Waals surface area contributed by atoms with Crippen molar-refractivity contribution in [3.8, 4) is 11.6 Å². The SMILES string of the molecule is COc1ccc2cc3c(nc2c1)O[C@H]1CN(C(=O)[C@H](C(C)(C)C)NC(=O)O[C@@H]2[C@H]4CC[C@H](C4)[C@H]2CCCCC3)[C@H](C=O)[C@@H]1C. The Balaban J connectivity index is 1.35. The molecule has 4 bridgehead atoms. The average Bonchev–Trinajstić information content (AvgIpc) is 3.68. The fourth-order valence-corrected chi connectivity index (χ4v) is 8.19. The summed E-state index contributed by atoms with van der Waals surface area (Å²) in [5, 5.41) is 3.96. The number of rotatable bonds is 2. The van der Waals surface area contributed by atoms with Crippen LogP contribution in [0.4, 0.5) is 4.79 Å². The van der Waals surface area contributed by atoms with Crippen LogP contribution in [0.15, 0.2) is 24.3 Å². The Morgan fingerprint density at radius 1 is 1.05 bits per heavy atom. The molecule has 6 rings (SSSR count). The maximum absolute atomic E-state index is 14.2. The lowest BCUT2D eigenvalue weighted by molar-refractivity contribution is -0.139. The molecule has 8 atom stereocenters. The highest BCUT2D eigenvalue weighted by molar-refractivity contribution is 5.89. The summed E-state index contributed by atoms with van der Waals surface area (Å²) in [6.07, 6.45) is 8.13. The molecule has 0 unspecified atom stereocenters. The maximum atomic E-state index is 14.2. The van der Waals surface area contributed by atoms with E-state index in [-0.39, 0.29) is 24.5 Å². The molecule has 1 aromatic heterocycles. The molecular formula is C35H47N3O6. The second kappa shape index (κ2) is 12.2. The number of pyridine rings is 1. The number of amides is 2. The van der Waals surface area contributed by atoms with Crippen LogP contribution in [0.3, 0.4) is 0 Å². The van der Waals surface area contributed by atoms with Crippen LogP contribution in [-0.2, 0) is 20.7 Å². The molecule has 44 heavy (non-hydrogen) atoms. The molecule has 1 saturated heterocycles. The quantitative estimate of drug-likeness (QED) is 0.437. The van der Waals surface area contributed by atoms with Crippen LogP contribution in [0.5, 0.6) is 11.6 Å². The fraction of sp³-hybridized carbons (Fsp3) is 0.657. The first-order valence-corrected chi connectivity index (χ1v) is 16.4. The minimum Gasteiger partial charge on any atom is -0.497 e. The Bertz CT molecular complexity index is 1400. The second-order valence-corrected chi connectivity index (χ2v) is 14.6. The van der Waals surface area contributed by atoms with Crippen molar-refractivity contribution < 1.29 is 28.6 Å². The lowest BCUT2D eigenvalue weighted by Crippen LogP contribution is -2.57. The zero-order valence-electron chi connectivity index (χ0n) is 26.7. The summed E-state index contributed by atoms with van der Waals surface area (Å²) >= 11 is 0. The predicted molar refractivity (Wildman–Crippen MR) is 167 cm³/mol. The second-order valence-electron chi connectivity index (χ2n) is 14.6. The molecule has 2 aliphatic carbocycles. The van der Waals surface area contributed by atoms with Gasteiger partial charge in [0.15, 0.2) is 0 Å². The summed E-state index contributed by atoms with van der Waals surface area (Å²) < 4.78 is 18.2. The molecule has 0 spiro atoms. The zero-order valence-corrected chi connectivity index (χ0v) is 26.7. The van der Waals surface area contributed by atoms with Gasteiger partial charge in [-0.3, -0.25) is 4.79 Å². The summed E-state index contributed by atoms with van der Waals surface area (Å²) in [6, 6.07) is 6.46. The largest absolute Gasteiger partial charge is 0.497 e. The number of nitrogens with one attached hydrogen (secondary N) is 1. The summed E-state index contributed by atoms with van der Waals surface area (Å²) in [5.74, 6) is 2.05. The van der Waals surface area contributed by atoms with Gasteiger partial charge >= 0.3 is 6.09 Å². The molecule has 3 fully saturated rings. The summed E-state index contributed by atoms with van der Waals surface area (Å²) in [5.41, 5.74) is 1.20. The van der Waals surface area contributed by atoms with Crippen molar-refractivity contribution in [2.75, 3.05) is 13.7 Å². The number of alkyl carbamates (subject to hydrolysis) is 1. The predicted octanol–water partition coefficient (Wildman–Crippen LogP) is 5.71. The van der Waals surface area contributed by atoms with E-state index in [2.05, 4.69) is 11.4 Å². The number of hydrogen-bond donors (Lipinski definition) is 1. The Morgan fingerprint density at radius 3 is 2.59 bits per heavy atom. The van der Waals surface area contributed by atoms with Gasteiger partial charge in [0.25, 0.3) is 0 Å². The topological polar surface area (TPSA) is 107 Å². The highest BCUT2D eigenvalue weighted by Gasteiger charge is 2.50. The number of methoxy groups -OCH3 is 1. The van der Waals surface area contributed by atoms with Crippen molar-refractivity contribution in [1.82, 2.24) is 15.2 Å². The molecule has 4 aliphatic rings. The van der Waals surface area contributed by atoms with Crippen molar-refractivity contribution in [2.24, 2.45) is 29.1 Å². The van der Waals surface area contributed by atoms with E-state index >= 15 is 0 Å². The summed E-state index contributed by atoms with van der Waals surface area (Å²) in [6.45, 7) is 7.92. The van der Waals surface area contributed by atoms with Gasteiger partial charge in [0, 0.05) is 22.9 Å². The highest BCUT2D eigenvalue weighted by Crippen LogP contribution is 2.51. The molecule has 2 amide bonds. The minimum atomic E-state index is -0.860. The number of hydrogen-bond acceptors (Lipinski definition) is 7. The smallest absolute Gasteiger partial charge is 0.408 e. The van der Waals surface area contributed by atoms with Crippen molar-refractivity contribution in [3.63, 3.8) is 0 Å². The van der Waals surface area contributed by atoms with E-state index < -0.39 is 29.7 Å². The first kappa shape index (κ1) is 30.7. The fourth-order valence-electron chi connectivity index (χ4n) is 8.19. The van der Waals surface area contributed by atoms with Crippen LogP contribution in [0.1, 0.15) is 78.2 Å². The molecule has 2 saturated carbocycles. The van der Waals surface area contributed by atoms with Crippen LogP contribution in [0.2, 0.25) is 0 Å². The van der Waals surface area contributed by atoms with Crippen LogP contribution < -0.4 is 14.8 Å². The van der Waals surface area contributed by atoms with Gasteiger partial charge in [-0.15, -0.1) is 0 Å². The number of fused-ring (bicyclic) bond motifs is 9. The number of carbonyl (C=O) groups is 3. The van der Waals surface area contributed by atoms with E-state index in [4.69, 9.17) is 19.2 Å². The van der Waals surface area contributed by atoms with E-state index in [0.29, 0.717) is 23.6 Å². The number of aromatic nitrogens is 1. The number of benzene rings is 1. The lowest BCUT2D eigenvalue weighted by Gasteiger charge is -2.36. The molecule has 3 heterocycles. The number of ether oxygens (including phenoxy) is 3. The number of nitrogens with zero attached hydrogens (tertiary/aromatic N) is 2. The van der Waals surface area contributed by atoms with Crippen LogP contribution in [0.25, 0.3) is 10.9 Å². The standard InChI is InChI=1S/C35H47N3O6/c1-20-28(19-39)38-18-29(20)43-32-24(16-22-13-14-25(42-5)17-27(22)36-32)9-7-6-8-10-26-21-11-12-23(15-21)30(26)44-34(41)37-31(33(38)40)35(2,3)4/h13-14,16-17,19-21,23,26,28-31H,6-12,15,18H2,1-5H3,(H,37,41)/t20-,21+,23-,26+,28+,29-,30+,31+/m0/s1. The molecule has 9 heteroatoms. The van der Waals surface area contributed by atoms with Gasteiger partial charge in [-0.05, 0) is 79.9 Å². The zero-order chi connectivity index (χ0) is 31.2. The molecule has 2 aliphatic heterocycles. The van der Waals surface area contributed by atoms with Gasteiger partial charge in [-0.1, -0.05) is 40.5 Å². The van der Waals surface area contributed by atoms with E-state index in [9.17, 15) is 14.4 Å². The maximum Gasteiger partial charge on any atom is 0.408 e. The molecule has 1 aromatic carbocycles. The normalized spacial score (nSPS) is 33.0. The lowest BCUT2D eigenvalue weighted by atomic mass is 9.82. The third-order valence-corrected chi connectivity index (χ3v) is 10.7. The molecular weight excluding hydrogens is 558 g/mol. The van der Waals surface area contributed by atoms with E-state index in [1.165, 1.54) is 6.42 Å². The van der Waals surface area contributed by atoms with Crippen molar-refractivity contribution >= 4 is 29.2 Å². The van der Waals surface area contributed by atoms with Crippen LogP contribution >= 0.6 is 0 Å². The van der Waals surface area contributed by atoms with Crippen LogP contribution in [0, 0.1) is 29.1 Å². The van der Waals surface area contributed by atoms with Crippen molar-refractivity contribution in [3.05, 3.63) is 29.8 Å². The average molecular weight is 606 g/mol. The third kappa shape index (κ3) is 5.86. The summed E-state index contributed by atoms with van der Waals surface area (Å²) in [7, 11) is 1.63. The van der Waals surface area contributed by atoms with E-state index in [1.54, 1.807) is 12.0 Å². The van der Waals surface area contributed by atoms with Crippen molar-refractivity contribution in [2.45, 2.75) is 103 Å². The first-order valence-electron chi connectivity index (χ1n) is 16.4. The van der Waals surface area contributed by atoms with Crippen LogP contribution in [-0.4, -0.2) is 66.1 Å². The van der Waals surface area contributed by atoms with Gasteiger partial charge in [0.05, 0.1) is 25.2 Å². The number of aldehydes is 1. The van der Waals surface area contributed by atoms with Gasteiger partial charge in [-0.25, -0.2) is 9.78 Å². The molecule has 9 nitrogen and oxygen atoms in total. The molecule has 238 valence electrons. The first-order chi connectivity index (χ1) is 21.1.